The van der Waals surface area contributed by atoms with Gasteiger partial charge in [-0.25, -0.2) is 0 Å². The fourth-order valence-corrected chi connectivity index (χ4v) is 3.22. The van der Waals surface area contributed by atoms with Gasteiger partial charge in [0.2, 0.25) is 5.91 Å². The van der Waals surface area contributed by atoms with E-state index in [1.807, 2.05) is 6.07 Å². The lowest BCUT2D eigenvalue weighted by atomic mass is 9.79. The summed E-state index contributed by atoms with van der Waals surface area (Å²) in [4.78, 5) is 12.0. The van der Waals surface area contributed by atoms with E-state index in [-0.39, 0.29) is 23.0 Å². The van der Waals surface area contributed by atoms with E-state index in [0.29, 0.717) is 5.76 Å². The predicted octanol–water partition coefficient (Wildman–Crippen LogP) is 2.72. The second kappa shape index (κ2) is 5.44. The van der Waals surface area contributed by atoms with Crippen molar-refractivity contribution < 1.29 is 9.21 Å². The molecule has 2 heterocycles. The largest absolute Gasteiger partial charge is 0.465 e. The Hall–Kier alpha value is -1.55. The molecular formula is C16H24N2O2. The standard InChI is InChI=1S/C16H24N2O2/c1-15(2)10-12(11-16(3,4)18-15)17-14(19)8-7-13-6-5-9-20-13/h5-9,12,18H,10-11H2,1-4H3,(H,17,19)/b8-7+. The summed E-state index contributed by atoms with van der Waals surface area (Å²) in [5.74, 6) is 0.617. The second-order valence-electron chi connectivity index (χ2n) is 6.86. The summed E-state index contributed by atoms with van der Waals surface area (Å²) in [6.45, 7) is 8.69. The lowest BCUT2D eigenvalue weighted by molar-refractivity contribution is -0.117. The molecule has 1 aliphatic heterocycles. The minimum atomic E-state index is -0.0695. The predicted molar refractivity (Wildman–Crippen MR) is 80.2 cm³/mol. The molecule has 1 saturated heterocycles. The summed E-state index contributed by atoms with van der Waals surface area (Å²) >= 11 is 0. The molecule has 110 valence electrons. The van der Waals surface area contributed by atoms with Crippen LogP contribution in [0.25, 0.3) is 6.08 Å². The van der Waals surface area contributed by atoms with Crippen molar-refractivity contribution in [1.29, 1.82) is 0 Å². The summed E-state index contributed by atoms with van der Waals surface area (Å²) < 4.78 is 5.16. The van der Waals surface area contributed by atoms with Crippen LogP contribution in [0.15, 0.2) is 28.9 Å². The van der Waals surface area contributed by atoms with E-state index in [9.17, 15) is 4.79 Å². The zero-order valence-corrected chi connectivity index (χ0v) is 12.7. The molecule has 1 fully saturated rings. The van der Waals surface area contributed by atoms with E-state index in [1.165, 1.54) is 6.08 Å². The topological polar surface area (TPSA) is 54.3 Å². The molecule has 0 aliphatic carbocycles. The smallest absolute Gasteiger partial charge is 0.244 e. The van der Waals surface area contributed by atoms with Crippen molar-refractivity contribution in [3.63, 3.8) is 0 Å². The molecule has 0 unspecified atom stereocenters. The maximum Gasteiger partial charge on any atom is 0.244 e. The monoisotopic (exact) mass is 276 g/mol. The van der Waals surface area contributed by atoms with E-state index in [0.717, 1.165) is 12.8 Å². The fourth-order valence-electron chi connectivity index (χ4n) is 3.22. The number of furan rings is 1. The van der Waals surface area contributed by atoms with Crippen LogP contribution in [0.1, 0.15) is 46.3 Å². The number of piperidine rings is 1. The Labute approximate surface area is 120 Å². The van der Waals surface area contributed by atoms with Gasteiger partial charge in [0.1, 0.15) is 5.76 Å². The first-order valence-electron chi connectivity index (χ1n) is 7.07. The molecule has 20 heavy (non-hydrogen) atoms. The average molecular weight is 276 g/mol. The first kappa shape index (κ1) is 14.9. The van der Waals surface area contributed by atoms with Crippen molar-refractivity contribution in [2.45, 2.75) is 57.7 Å². The number of carbonyl (C=O) groups is 1. The molecule has 0 radical (unpaired) electrons. The highest BCUT2D eigenvalue weighted by atomic mass is 16.3. The van der Waals surface area contributed by atoms with Gasteiger partial charge in [-0.2, -0.15) is 0 Å². The summed E-state index contributed by atoms with van der Waals surface area (Å²) in [7, 11) is 0. The number of hydrogen-bond acceptors (Lipinski definition) is 3. The number of amides is 1. The number of hydrogen-bond donors (Lipinski definition) is 2. The third-order valence-electron chi connectivity index (χ3n) is 3.48. The minimum Gasteiger partial charge on any atom is -0.465 e. The molecule has 1 aliphatic rings. The molecule has 0 saturated carbocycles. The van der Waals surface area contributed by atoms with Crippen LogP contribution in [0.2, 0.25) is 0 Å². The molecular weight excluding hydrogens is 252 g/mol. The van der Waals surface area contributed by atoms with Gasteiger partial charge in [-0.05, 0) is 58.7 Å². The van der Waals surface area contributed by atoms with Crippen molar-refractivity contribution in [3.8, 4) is 0 Å². The molecule has 4 heteroatoms. The molecule has 0 spiro atoms. The van der Waals surface area contributed by atoms with Crippen molar-refractivity contribution in [2.24, 2.45) is 0 Å². The van der Waals surface area contributed by atoms with E-state index in [4.69, 9.17) is 4.42 Å². The van der Waals surface area contributed by atoms with Crippen LogP contribution in [0.3, 0.4) is 0 Å². The summed E-state index contributed by atoms with van der Waals surface area (Å²) in [6.07, 6.45) is 6.66. The molecule has 0 bridgehead atoms. The van der Waals surface area contributed by atoms with Crippen molar-refractivity contribution >= 4 is 12.0 Å². The SMILES string of the molecule is CC1(C)CC(NC(=O)/C=C/c2ccco2)CC(C)(C)N1. The molecule has 1 amide bonds. The van der Waals surface area contributed by atoms with E-state index in [1.54, 1.807) is 18.4 Å². The number of nitrogens with one attached hydrogen (secondary N) is 2. The van der Waals surface area contributed by atoms with Crippen LogP contribution >= 0.6 is 0 Å². The van der Waals surface area contributed by atoms with Gasteiger partial charge in [0, 0.05) is 23.2 Å². The highest BCUT2D eigenvalue weighted by Gasteiger charge is 2.37. The lowest BCUT2D eigenvalue weighted by Crippen LogP contribution is -2.62. The van der Waals surface area contributed by atoms with E-state index in [2.05, 4.69) is 38.3 Å². The Morgan fingerprint density at radius 2 is 2.00 bits per heavy atom. The zero-order chi connectivity index (χ0) is 14.8. The molecule has 0 aromatic carbocycles. The highest BCUT2D eigenvalue weighted by Crippen LogP contribution is 2.28. The molecule has 0 atom stereocenters. The maximum absolute atomic E-state index is 12.0. The molecule has 1 aromatic rings. The van der Waals surface area contributed by atoms with Gasteiger partial charge in [0.15, 0.2) is 0 Å². The second-order valence-corrected chi connectivity index (χ2v) is 6.86. The van der Waals surface area contributed by atoms with Crippen LogP contribution in [0.5, 0.6) is 0 Å². The Kier molecular flexibility index (Phi) is 4.04. The van der Waals surface area contributed by atoms with Gasteiger partial charge in [-0.1, -0.05) is 0 Å². The molecule has 2 N–H and O–H groups in total. The first-order chi connectivity index (χ1) is 9.26. The Balaban J connectivity index is 1.94. The van der Waals surface area contributed by atoms with Crippen LogP contribution in [0.4, 0.5) is 0 Å². The normalized spacial score (nSPS) is 22.0. The average Bonchev–Trinajstić information content (AvgIpc) is 2.74. The zero-order valence-electron chi connectivity index (χ0n) is 12.7. The summed E-state index contributed by atoms with van der Waals surface area (Å²) in [6, 6.07) is 3.81. The highest BCUT2D eigenvalue weighted by molar-refractivity contribution is 5.91. The van der Waals surface area contributed by atoms with E-state index >= 15 is 0 Å². The van der Waals surface area contributed by atoms with Gasteiger partial charge in [-0.3, -0.25) is 4.79 Å². The fraction of sp³-hybridized carbons (Fsp3) is 0.562. The van der Waals surface area contributed by atoms with Gasteiger partial charge in [0.25, 0.3) is 0 Å². The Bertz CT molecular complexity index is 471. The minimum absolute atomic E-state index is 0.0322. The van der Waals surface area contributed by atoms with Crippen molar-refractivity contribution in [3.05, 3.63) is 30.2 Å². The van der Waals surface area contributed by atoms with Crippen LogP contribution in [-0.4, -0.2) is 23.0 Å². The third-order valence-corrected chi connectivity index (χ3v) is 3.48. The van der Waals surface area contributed by atoms with Gasteiger partial charge in [-0.15, -0.1) is 0 Å². The van der Waals surface area contributed by atoms with Crippen LogP contribution in [0, 0.1) is 0 Å². The Morgan fingerprint density at radius 3 is 2.55 bits per heavy atom. The lowest BCUT2D eigenvalue weighted by Gasteiger charge is -2.46. The van der Waals surface area contributed by atoms with E-state index < -0.39 is 0 Å². The summed E-state index contributed by atoms with van der Waals surface area (Å²) in [5, 5.41) is 6.69. The van der Waals surface area contributed by atoms with Crippen molar-refractivity contribution in [1.82, 2.24) is 10.6 Å². The van der Waals surface area contributed by atoms with Gasteiger partial charge >= 0.3 is 0 Å². The quantitative estimate of drug-likeness (QED) is 0.835. The van der Waals surface area contributed by atoms with Crippen molar-refractivity contribution in [2.75, 3.05) is 0 Å². The maximum atomic E-state index is 12.0. The molecule has 4 nitrogen and oxygen atoms in total. The number of rotatable bonds is 3. The van der Waals surface area contributed by atoms with Gasteiger partial charge in [0.05, 0.1) is 6.26 Å². The Morgan fingerprint density at radius 1 is 1.35 bits per heavy atom. The van der Waals surface area contributed by atoms with Crippen LogP contribution in [-0.2, 0) is 4.79 Å². The van der Waals surface area contributed by atoms with Gasteiger partial charge < -0.3 is 15.1 Å². The molecule has 2 rings (SSSR count). The number of carbonyl (C=O) groups excluding carboxylic acids is 1. The summed E-state index contributed by atoms with van der Waals surface area (Å²) in [5.41, 5.74) is 0.0643. The molecule has 1 aromatic heterocycles. The van der Waals surface area contributed by atoms with Crippen LogP contribution < -0.4 is 10.6 Å². The first-order valence-corrected chi connectivity index (χ1v) is 7.07. The third kappa shape index (κ3) is 4.23.